The lowest BCUT2D eigenvalue weighted by atomic mass is 9.97. The standard InChI is InChI=1S/C16H22O2/c1-11-8-12(2)15(13(3)9-11)10-16(17)18-14-6-4-5-7-14/h8-9,14H,4-7,10H2,1-3H3. The van der Waals surface area contributed by atoms with E-state index in [9.17, 15) is 4.79 Å². The largest absolute Gasteiger partial charge is 0.462 e. The summed E-state index contributed by atoms with van der Waals surface area (Å²) < 4.78 is 5.52. The van der Waals surface area contributed by atoms with Gasteiger partial charge >= 0.3 is 5.97 Å². The quantitative estimate of drug-likeness (QED) is 0.761. The van der Waals surface area contributed by atoms with Crippen molar-refractivity contribution >= 4 is 5.97 Å². The summed E-state index contributed by atoms with van der Waals surface area (Å²) in [5.74, 6) is -0.0723. The van der Waals surface area contributed by atoms with Gasteiger partial charge in [0.15, 0.2) is 0 Å². The average molecular weight is 246 g/mol. The summed E-state index contributed by atoms with van der Waals surface area (Å²) in [6.07, 6.45) is 5.05. The van der Waals surface area contributed by atoms with Crippen molar-refractivity contribution in [3.8, 4) is 0 Å². The number of rotatable bonds is 3. The van der Waals surface area contributed by atoms with Crippen LogP contribution in [0.1, 0.15) is 47.9 Å². The summed E-state index contributed by atoms with van der Waals surface area (Å²) in [5, 5.41) is 0. The zero-order valence-electron chi connectivity index (χ0n) is 11.6. The minimum absolute atomic E-state index is 0.0723. The third-order valence-corrected chi connectivity index (χ3v) is 3.76. The summed E-state index contributed by atoms with van der Waals surface area (Å²) in [4.78, 5) is 11.9. The van der Waals surface area contributed by atoms with E-state index >= 15 is 0 Å². The fraction of sp³-hybridized carbons (Fsp3) is 0.562. The average Bonchev–Trinajstić information content (AvgIpc) is 2.76. The van der Waals surface area contributed by atoms with Crippen LogP contribution in [0.25, 0.3) is 0 Å². The molecule has 1 aliphatic rings. The van der Waals surface area contributed by atoms with E-state index in [0.29, 0.717) is 6.42 Å². The second-order valence-corrected chi connectivity index (χ2v) is 5.45. The molecule has 2 nitrogen and oxygen atoms in total. The second kappa shape index (κ2) is 5.55. The van der Waals surface area contributed by atoms with E-state index in [2.05, 4.69) is 32.9 Å². The molecule has 1 aromatic rings. The smallest absolute Gasteiger partial charge is 0.310 e. The van der Waals surface area contributed by atoms with Gasteiger partial charge in [-0.3, -0.25) is 4.79 Å². The third-order valence-electron chi connectivity index (χ3n) is 3.76. The first kappa shape index (κ1) is 13.1. The van der Waals surface area contributed by atoms with E-state index in [1.165, 1.54) is 29.5 Å². The van der Waals surface area contributed by atoms with Crippen LogP contribution in [0.5, 0.6) is 0 Å². The van der Waals surface area contributed by atoms with E-state index < -0.39 is 0 Å². The maximum atomic E-state index is 11.9. The lowest BCUT2D eigenvalue weighted by Gasteiger charge is -2.14. The van der Waals surface area contributed by atoms with Crippen molar-refractivity contribution in [3.63, 3.8) is 0 Å². The molecule has 0 N–H and O–H groups in total. The Balaban J connectivity index is 2.02. The molecule has 0 saturated heterocycles. The maximum Gasteiger partial charge on any atom is 0.310 e. The highest BCUT2D eigenvalue weighted by Crippen LogP contribution is 2.22. The van der Waals surface area contributed by atoms with E-state index in [1.807, 2.05) is 0 Å². The molecule has 0 spiro atoms. The minimum Gasteiger partial charge on any atom is -0.462 e. The summed E-state index contributed by atoms with van der Waals surface area (Å²) in [6.45, 7) is 6.22. The molecular weight excluding hydrogens is 224 g/mol. The topological polar surface area (TPSA) is 26.3 Å². The van der Waals surface area contributed by atoms with Crippen molar-refractivity contribution in [2.75, 3.05) is 0 Å². The first-order valence-corrected chi connectivity index (χ1v) is 6.82. The van der Waals surface area contributed by atoms with E-state index in [4.69, 9.17) is 4.74 Å². The summed E-state index contributed by atoms with van der Waals surface area (Å²) >= 11 is 0. The zero-order chi connectivity index (χ0) is 13.1. The SMILES string of the molecule is Cc1cc(C)c(CC(=O)OC2CCCC2)c(C)c1. The van der Waals surface area contributed by atoms with Crippen LogP contribution in [-0.2, 0) is 16.0 Å². The van der Waals surface area contributed by atoms with Gasteiger partial charge < -0.3 is 4.74 Å². The summed E-state index contributed by atoms with van der Waals surface area (Å²) in [5.41, 5.74) is 4.76. The molecule has 1 aromatic carbocycles. The highest BCUT2D eigenvalue weighted by molar-refractivity contribution is 5.74. The molecule has 2 heteroatoms. The highest BCUT2D eigenvalue weighted by Gasteiger charge is 2.20. The molecule has 0 radical (unpaired) electrons. The number of esters is 1. The summed E-state index contributed by atoms with van der Waals surface area (Å²) in [7, 11) is 0. The van der Waals surface area contributed by atoms with Gasteiger partial charge in [-0.05, 0) is 63.1 Å². The van der Waals surface area contributed by atoms with Crippen molar-refractivity contribution in [1.82, 2.24) is 0 Å². The molecule has 0 heterocycles. The van der Waals surface area contributed by atoms with Gasteiger partial charge in [0, 0.05) is 0 Å². The molecule has 18 heavy (non-hydrogen) atoms. The van der Waals surface area contributed by atoms with Crippen LogP contribution in [0.3, 0.4) is 0 Å². The maximum absolute atomic E-state index is 11.9. The number of ether oxygens (including phenoxy) is 1. The number of hydrogen-bond acceptors (Lipinski definition) is 2. The van der Waals surface area contributed by atoms with Gasteiger partial charge in [-0.25, -0.2) is 0 Å². The molecular formula is C16H22O2. The molecule has 0 bridgehead atoms. The van der Waals surface area contributed by atoms with Gasteiger partial charge in [0.2, 0.25) is 0 Å². The first-order valence-electron chi connectivity index (χ1n) is 6.82. The number of aryl methyl sites for hydroxylation is 3. The van der Waals surface area contributed by atoms with Crippen LogP contribution in [0.4, 0.5) is 0 Å². The lowest BCUT2D eigenvalue weighted by Crippen LogP contribution is -2.17. The molecule has 1 saturated carbocycles. The number of benzene rings is 1. The molecule has 0 aliphatic heterocycles. The fourth-order valence-electron chi connectivity index (χ4n) is 2.87. The Morgan fingerprint density at radius 3 is 2.28 bits per heavy atom. The third kappa shape index (κ3) is 3.12. The van der Waals surface area contributed by atoms with Crippen molar-refractivity contribution in [3.05, 3.63) is 34.4 Å². The van der Waals surface area contributed by atoms with Crippen LogP contribution < -0.4 is 0 Å². The van der Waals surface area contributed by atoms with Gasteiger partial charge in [-0.15, -0.1) is 0 Å². The van der Waals surface area contributed by atoms with Crippen molar-refractivity contribution in [1.29, 1.82) is 0 Å². The lowest BCUT2D eigenvalue weighted by molar-refractivity contribution is -0.147. The number of carbonyl (C=O) groups excluding carboxylic acids is 1. The number of hydrogen-bond donors (Lipinski definition) is 0. The molecule has 1 aliphatic carbocycles. The van der Waals surface area contributed by atoms with Crippen LogP contribution in [-0.4, -0.2) is 12.1 Å². The number of carbonyl (C=O) groups is 1. The van der Waals surface area contributed by atoms with Crippen LogP contribution in [0.2, 0.25) is 0 Å². The predicted octanol–water partition coefficient (Wildman–Crippen LogP) is 3.64. The first-order chi connectivity index (χ1) is 8.56. The normalized spacial score (nSPS) is 15.9. The second-order valence-electron chi connectivity index (χ2n) is 5.45. The molecule has 98 valence electrons. The monoisotopic (exact) mass is 246 g/mol. The predicted molar refractivity (Wildman–Crippen MR) is 72.7 cm³/mol. The van der Waals surface area contributed by atoms with Gasteiger partial charge in [0.05, 0.1) is 6.42 Å². The van der Waals surface area contributed by atoms with Crippen molar-refractivity contribution < 1.29 is 9.53 Å². The van der Waals surface area contributed by atoms with Crippen LogP contribution >= 0.6 is 0 Å². The summed E-state index contributed by atoms with van der Waals surface area (Å²) in [6, 6.07) is 4.26. The Hall–Kier alpha value is -1.31. The molecule has 0 aromatic heterocycles. The van der Waals surface area contributed by atoms with Crippen molar-refractivity contribution in [2.45, 2.75) is 59.0 Å². The molecule has 0 amide bonds. The zero-order valence-corrected chi connectivity index (χ0v) is 11.6. The van der Waals surface area contributed by atoms with Gasteiger partial charge in [-0.2, -0.15) is 0 Å². The fourth-order valence-corrected chi connectivity index (χ4v) is 2.87. The van der Waals surface area contributed by atoms with Crippen LogP contribution in [0.15, 0.2) is 12.1 Å². The Labute approximate surface area is 109 Å². The molecule has 0 unspecified atom stereocenters. The Morgan fingerprint density at radius 1 is 1.17 bits per heavy atom. The molecule has 0 atom stereocenters. The molecule has 1 fully saturated rings. The Bertz CT molecular complexity index is 419. The van der Waals surface area contributed by atoms with Crippen LogP contribution in [0, 0.1) is 20.8 Å². The highest BCUT2D eigenvalue weighted by atomic mass is 16.5. The van der Waals surface area contributed by atoms with Gasteiger partial charge in [-0.1, -0.05) is 17.7 Å². The Kier molecular flexibility index (Phi) is 4.05. The van der Waals surface area contributed by atoms with Gasteiger partial charge in [0.25, 0.3) is 0 Å². The Morgan fingerprint density at radius 2 is 1.72 bits per heavy atom. The molecule has 2 rings (SSSR count). The van der Waals surface area contributed by atoms with Gasteiger partial charge in [0.1, 0.15) is 6.10 Å². The van der Waals surface area contributed by atoms with E-state index in [1.54, 1.807) is 0 Å². The van der Waals surface area contributed by atoms with Crippen molar-refractivity contribution in [2.24, 2.45) is 0 Å². The minimum atomic E-state index is -0.0723. The van der Waals surface area contributed by atoms with E-state index in [0.717, 1.165) is 18.4 Å². The van der Waals surface area contributed by atoms with E-state index in [-0.39, 0.29) is 12.1 Å².